The van der Waals surface area contributed by atoms with Crippen molar-refractivity contribution in [2.75, 3.05) is 11.0 Å². The Bertz CT molecular complexity index is 760. The molecule has 1 aliphatic rings. The Morgan fingerprint density at radius 2 is 1.43 bits per heavy atom. The van der Waals surface area contributed by atoms with Crippen LogP contribution < -0.4 is 0 Å². The van der Waals surface area contributed by atoms with Gasteiger partial charge in [-0.15, -0.1) is 0 Å². The highest BCUT2D eigenvalue weighted by Gasteiger charge is 2.49. The fourth-order valence-corrected chi connectivity index (χ4v) is 5.24. The maximum atomic E-state index is 12.7. The van der Waals surface area contributed by atoms with Crippen LogP contribution in [-0.2, 0) is 23.7 Å². The van der Waals surface area contributed by atoms with Crippen molar-refractivity contribution in [1.82, 2.24) is 0 Å². The molecular formula is C29H45IO7. The van der Waals surface area contributed by atoms with Crippen LogP contribution in [0.15, 0.2) is 30.3 Å². The highest BCUT2D eigenvalue weighted by molar-refractivity contribution is 14.1. The Labute approximate surface area is 236 Å². The zero-order valence-corrected chi connectivity index (χ0v) is 24.6. The van der Waals surface area contributed by atoms with E-state index in [1.165, 1.54) is 64.7 Å². The topological polar surface area (TPSA) is 91.3 Å². The minimum Gasteiger partial charge on any atom is -0.453 e. The van der Waals surface area contributed by atoms with Crippen molar-refractivity contribution in [2.45, 2.75) is 122 Å². The molecule has 1 fully saturated rings. The average Bonchev–Trinajstić information content (AvgIpc) is 2.90. The molecule has 1 aromatic rings. The third-order valence-electron chi connectivity index (χ3n) is 6.61. The Morgan fingerprint density at radius 3 is 1.97 bits per heavy atom. The van der Waals surface area contributed by atoms with E-state index >= 15 is 0 Å². The number of halogens is 1. The molecule has 0 aromatic heterocycles. The van der Waals surface area contributed by atoms with Crippen LogP contribution in [0.25, 0.3) is 0 Å². The average molecular weight is 633 g/mol. The quantitative estimate of drug-likeness (QED) is 0.0869. The molecule has 1 saturated heterocycles. The molecule has 1 aliphatic heterocycles. The highest BCUT2D eigenvalue weighted by Crippen LogP contribution is 2.29. The van der Waals surface area contributed by atoms with Gasteiger partial charge in [-0.2, -0.15) is 0 Å². The molecule has 7 nitrogen and oxygen atoms in total. The van der Waals surface area contributed by atoms with Crippen molar-refractivity contribution < 1.29 is 33.6 Å². The summed E-state index contributed by atoms with van der Waals surface area (Å²) in [4.78, 5) is 24.6. The van der Waals surface area contributed by atoms with E-state index in [1.54, 1.807) is 30.3 Å². The van der Waals surface area contributed by atoms with Gasteiger partial charge in [0.2, 0.25) is 0 Å². The number of hydrogen-bond acceptors (Lipinski definition) is 7. The van der Waals surface area contributed by atoms with Crippen LogP contribution in [0.1, 0.15) is 101 Å². The summed E-state index contributed by atoms with van der Waals surface area (Å²) >= 11 is 2.11. The fourth-order valence-electron chi connectivity index (χ4n) is 4.51. The number of carbonyl (C=O) groups is 2. The van der Waals surface area contributed by atoms with Crippen LogP contribution in [0.5, 0.6) is 0 Å². The summed E-state index contributed by atoms with van der Waals surface area (Å²) in [5.74, 6) is -1.16. The van der Waals surface area contributed by atoms with Crippen molar-refractivity contribution in [2.24, 2.45) is 0 Å². The van der Waals surface area contributed by atoms with Crippen molar-refractivity contribution in [1.29, 1.82) is 0 Å². The second-order valence-electron chi connectivity index (χ2n) is 9.76. The molecule has 0 unspecified atom stereocenters. The summed E-state index contributed by atoms with van der Waals surface area (Å²) in [6, 6.07) is 8.52. The number of rotatable bonds is 18. The van der Waals surface area contributed by atoms with Gasteiger partial charge in [-0.1, -0.05) is 118 Å². The lowest BCUT2D eigenvalue weighted by atomic mass is 9.99. The number of esters is 2. The normalized spacial score (nSPS) is 23.5. The largest absolute Gasteiger partial charge is 0.453 e. The predicted molar refractivity (Wildman–Crippen MR) is 152 cm³/mol. The minimum absolute atomic E-state index is 0.350. The van der Waals surface area contributed by atoms with E-state index in [-0.39, 0.29) is 0 Å². The molecule has 1 N–H and O–H groups in total. The maximum Gasteiger partial charge on any atom is 0.338 e. The van der Waals surface area contributed by atoms with Gasteiger partial charge in [0, 0.05) is 18.0 Å². The van der Waals surface area contributed by atoms with Crippen LogP contribution in [0.4, 0.5) is 0 Å². The molecule has 1 aromatic carbocycles. The van der Waals surface area contributed by atoms with Crippen LogP contribution in [0.3, 0.4) is 0 Å². The summed E-state index contributed by atoms with van der Waals surface area (Å²) < 4.78 is 23.5. The van der Waals surface area contributed by atoms with Gasteiger partial charge < -0.3 is 24.1 Å². The van der Waals surface area contributed by atoms with Gasteiger partial charge >= 0.3 is 11.9 Å². The van der Waals surface area contributed by atoms with Crippen LogP contribution in [0, 0.1) is 0 Å². The Kier molecular flexibility index (Phi) is 16.4. The molecule has 0 spiro atoms. The molecule has 2 rings (SSSR count). The number of ether oxygens (including phenoxy) is 4. The molecule has 0 radical (unpaired) electrons. The maximum absolute atomic E-state index is 12.7. The number of aliphatic hydroxyl groups is 1. The van der Waals surface area contributed by atoms with Crippen molar-refractivity contribution >= 4 is 34.5 Å². The summed E-state index contributed by atoms with van der Waals surface area (Å²) in [5.41, 5.74) is 0.350. The number of benzene rings is 1. The number of unbranched alkanes of at least 4 members (excludes halogenated alkanes) is 11. The Morgan fingerprint density at radius 1 is 0.865 bits per heavy atom. The molecule has 37 heavy (non-hydrogen) atoms. The minimum atomic E-state index is -1.15. The van der Waals surface area contributed by atoms with Gasteiger partial charge in [-0.3, -0.25) is 4.79 Å². The van der Waals surface area contributed by atoms with Gasteiger partial charge in [-0.25, -0.2) is 4.79 Å². The zero-order chi connectivity index (χ0) is 26.9. The second kappa shape index (κ2) is 18.9. The summed E-state index contributed by atoms with van der Waals surface area (Å²) in [7, 11) is 0. The first-order valence-corrected chi connectivity index (χ1v) is 15.4. The van der Waals surface area contributed by atoms with E-state index in [9.17, 15) is 14.7 Å². The third kappa shape index (κ3) is 12.0. The summed E-state index contributed by atoms with van der Waals surface area (Å²) in [6.07, 6.45) is 10.1. The first-order valence-electron chi connectivity index (χ1n) is 13.9. The summed E-state index contributed by atoms with van der Waals surface area (Å²) in [5, 5.41) is 10.9. The van der Waals surface area contributed by atoms with Crippen molar-refractivity contribution in [3.05, 3.63) is 35.9 Å². The standard InChI is InChI=1S/C29H45IO7/c1-3-4-5-6-7-8-9-10-11-12-13-17-20-34-29-27(35-22(2)31)26(25(32)24(21-30)36-29)37-28(33)23-18-15-14-16-19-23/h14-16,18-19,24-27,29,32H,3-13,17,20-21H2,1-2H3/t24-,25+,26+,27-,29-/m1/s1. The smallest absolute Gasteiger partial charge is 0.338 e. The second-order valence-corrected chi connectivity index (χ2v) is 10.6. The molecular weight excluding hydrogens is 587 g/mol. The summed E-state index contributed by atoms with van der Waals surface area (Å²) in [6.45, 7) is 3.95. The van der Waals surface area contributed by atoms with Gasteiger partial charge in [0.1, 0.15) is 6.10 Å². The third-order valence-corrected chi connectivity index (χ3v) is 7.47. The van der Waals surface area contributed by atoms with Gasteiger partial charge in [0.05, 0.1) is 11.7 Å². The van der Waals surface area contributed by atoms with Crippen molar-refractivity contribution in [3.63, 3.8) is 0 Å². The number of carbonyl (C=O) groups excluding carboxylic acids is 2. The van der Waals surface area contributed by atoms with E-state index in [4.69, 9.17) is 18.9 Å². The molecule has 0 aliphatic carbocycles. The van der Waals surface area contributed by atoms with E-state index in [0.29, 0.717) is 16.6 Å². The zero-order valence-electron chi connectivity index (χ0n) is 22.4. The van der Waals surface area contributed by atoms with Crippen LogP contribution >= 0.6 is 22.6 Å². The molecule has 0 amide bonds. The molecule has 210 valence electrons. The van der Waals surface area contributed by atoms with Gasteiger partial charge in [0.15, 0.2) is 18.5 Å². The van der Waals surface area contributed by atoms with Gasteiger partial charge in [-0.05, 0) is 18.6 Å². The number of alkyl halides is 1. The van der Waals surface area contributed by atoms with Gasteiger partial charge in [0.25, 0.3) is 0 Å². The Hall–Kier alpha value is -1.23. The number of hydrogen-bond donors (Lipinski definition) is 1. The molecule has 0 saturated carbocycles. The number of aliphatic hydroxyl groups excluding tert-OH is 1. The lowest BCUT2D eigenvalue weighted by molar-refractivity contribution is -0.294. The molecule has 8 heteroatoms. The molecule has 0 bridgehead atoms. The van der Waals surface area contributed by atoms with Crippen molar-refractivity contribution in [3.8, 4) is 0 Å². The van der Waals surface area contributed by atoms with Crippen LogP contribution in [0.2, 0.25) is 0 Å². The first kappa shape index (κ1) is 32.0. The fraction of sp³-hybridized carbons (Fsp3) is 0.724. The van der Waals surface area contributed by atoms with E-state index in [2.05, 4.69) is 29.5 Å². The van der Waals surface area contributed by atoms with E-state index < -0.39 is 42.6 Å². The highest BCUT2D eigenvalue weighted by atomic mass is 127. The first-order chi connectivity index (χ1) is 18.0. The SMILES string of the molecule is CCCCCCCCCCCCCCO[C@@H]1O[C@H](CI)[C@H](O)[C@H](OC(=O)c2ccccc2)[C@H]1OC(C)=O. The molecule has 1 heterocycles. The Balaban J connectivity index is 1.80. The molecule has 5 atom stereocenters. The lowest BCUT2D eigenvalue weighted by Gasteiger charge is -2.42. The monoisotopic (exact) mass is 632 g/mol. The predicted octanol–water partition coefficient (Wildman–Crippen LogP) is 6.38. The van der Waals surface area contributed by atoms with E-state index in [0.717, 1.165) is 19.3 Å². The van der Waals surface area contributed by atoms with E-state index in [1.807, 2.05) is 0 Å². The lowest BCUT2D eigenvalue weighted by Crippen LogP contribution is -2.61. The van der Waals surface area contributed by atoms with Crippen LogP contribution in [-0.4, -0.2) is 58.8 Å².